The molecule has 1 N–H and O–H groups in total. The fraction of sp³-hybridized carbons (Fsp3) is 1.00. The second-order valence-electron chi connectivity index (χ2n) is 8.27. The van der Waals surface area contributed by atoms with Gasteiger partial charge in [-0.3, -0.25) is 0 Å². The molecule has 0 radical (unpaired) electrons. The van der Waals surface area contributed by atoms with E-state index in [2.05, 4.69) is 25.7 Å². The van der Waals surface area contributed by atoms with E-state index in [9.17, 15) is 5.11 Å². The summed E-state index contributed by atoms with van der Waals surface area (Å²) in [4.78, 5) is 2.64. The Bertz CT molecular complexity index is 276. The second-order valence-corrected chi connectivity index (χ2v) is 8.27. The first-order chi connectivity index (χ1) is 9.47. The molecule has 2 fully saturated rings. The monoisotopic (exact) mass is 281 g/mol. The summed E-state index contributed by atoms with van der Waals surface area (Å²) >= 11 is 0. The van der Waals surface area contributed by atoms with Gasteiger partial charge in [0.25, 0.3) is 0 Å². The molecular weight excluding hydrogens is 246 g/mol. The number of likely N-dealkylation sites (tertiary alicyclic amines) is 1. The van der Waals surface area contributed by atoms with E-state index >= 15 is 0 Å². The summed E-state index contributed by atoms with van der Waals surface area (Å²) in [6.07, 6.45) is 10.3. The zero-order valence-corrected chi connectivity index (χ0v) is 13.9. The first kappa shape index (κ1) is 16.3. The van der Waals surface area contributed by atoms with Crippen LogP contribution in [0.3, 0.4) is 0 Å². The Morgan fingerprint density at radius 1 is 0.950 bits per heavy atom. The van der Waals surface area contributed by atoms with Crippen molar-refractivity contribution in [1.29, 1.82) is 0 Å². The minimum absolute atomic E-state index is 0.0564. The molecule has 2 aliphatic rings. The lowest BCUT2D eigenvalue weighted by atomic mass is 9.68. The Labute approximate surface area is 125 Å². The third-order valence-electron chi connectivity index (χ3n) is 5.61. The minimum atomic E-state index is -0.0564. The maximum absolute atomic E-state index is 10.4. The molecule has 1 aliphatic carbocycles. The Morgan fingerprint density at radius 2 is 1.55 bits per heavy atom. The SMILES string of the molecule is CC(C)(C)C1CCC(O)C(CN2CCCCCCC2)C1. The molecule has 2 nitrogen and oxygen atoms in total. The molecule has 3 unspecified atom stereocenters. The molecular formula is C18H35NO. The van der Waals surface area contributed by atoms with Crippen LogP contribution in [0.15, 0.2) is 0 Å². The van der Waals surface area contributed by atoms with Gasteiger partial charge < -0.3 is 10.0 Å². The highest BCUT2D eigenvalue weighted by molar-refractivity contribution is 4.87. The van der Waals surface area contributed by atoms with Crippen molar-refractivity contribution in [3.63, 3.8) is 0 Å². The van der Waals surface area contributed by atoms with Crippen molar-refractivity contribution in [1.82, 2.24) is 4.90 Å². The molecule has 0 aromatic rings. The Kier molecular flexibility index (Phi) is 5.92. The summed E-state index contributed by atoms with van der Waals surface area (Å²) in [6.45, 7) is 10.7. The number of nitrogens with zero attached hydrogens (tertiary/aromatic N) is 1. The van der Waals surface area contributed by atoms with Gasteiger partial charge in [-0.15, -0.1) is 0 Å². The van der Waals surface area contributed by atoms with Gasteiger partial charge >= 0.3 is 0 Å². The topological polar surface area (TPSA) is 23.5 Å². The number of hydrogen-bond donors (Lipinski definition) is 1. The Hall–Kier alpha value is -0.0800. The fourth-order valence-electron chi connectivity index (χ4n) is 4.06. The molecule has 0 bridgehead atoms. The normalized spacial score (nSPS) is 34.5. The van der Waals surface area contributed by atoms with Gasteiger partial charge in [-0.2, -0.15) is 0 Å². The summed E-state index contributed by atoms with van der Waals surface area (Å²) in [6, 6.07) is 0. The van der Waals surface area contributed by atoms with Crippen molar-refractivity contribution >= 4 is 0 Å². The molecule has 2 heteroatoms. The summed E-state index contributed by atoms with van der Waals surface area (Å²) in [7, 11) is 0. The summed E-state index contributed by atoms with van der Waals surface area (Å²) in [5, 5.41) is 10.4. The minimum Gasteiger partial charge on any atom is -0.393 e. The van der Waals surface area contributed by atoms with Gasteiger partial charge in [0, 0.05) is 6.54 Å². The largest absolute Gasteiger partial charge is 0.393 e. The summed E-state index contributed by atoms with van der Waals surface area (Å²) in [5.41, 5.74) is 0.397. The van der Waals surface area contributed by atoms with Crippen LogP contribution in [0.1, 0.15) is 72.1 Å². The molecule has 20 heavy (non-hydrogen) atoms. The second kappa shape index (κ2) is 7.26. The number of aliphatic hydroxyl groups excluding tert-OH is 1. The van der Waals surface area contributed by atoms with Crippen molar-refractivity contribution in [2.24, 2.45) is 17.3 Å². The lowest BCUT2D eigenvalue weighted by Crippen LogP contribution is -2.42. The average molecular weight is 281 g/mol. The van der Waals surface area contributed by atoms with Crippen LogP contribution >= 0.6 is 0 Å². The number of rotatable bonds is 2. The van der Waals surface area contributed by atoms with Gasteiger partial charge in [0.1, 0.15) is 0 Å². The standard InChI is InChI=1S/C18H35NO/c1-18(2,3)16-9-10-17(20)15(13-16)14-19-11-7-5-4-6-8-12-19/h15-17,20H,4-14H2,1-3H3. The molecule has 118 valence electrons. The van der Waals surface area contributed by atoms with Crippen LogP contribution in [-0.2, 0) is 0 Å². The van der Waals surface area contributed by atoms with Crippen LogP contribution in [-0.4, -0.2) is 35.7 Å². The van der Waals surface area contributed by atoms with Crippen LogP contribution in [0.5, 0.6) is 0 Å². The van der Waals surface area contributed by atoms with Crippen LogP contribution in [0.2, 0.25) is 0 Å². The Morgan fingerprint density at radius 3 is 2.15 bits per heavy atom. The van der Waals surface area contributed by atoms with Crippen molar-refractivity contribution < 1.29 is 5.11 Å². The third kappa shape index (κ3) is 4.73. The molecule has 0 aromatic heterocycles. The maximum Gasteiger partial charge on any atom is 0.0580 e. The average Bonchev–Trinajstić information content (AvgIpc) is 2.33. The molecule has 1 aliphatic heterocycles. The van der Waals surface area contributed by atoms with E-state index in [1.54, 1.807) is 0 Å². The van der Waals surface area contributed by atoms with Crippen LogP contribution in [0.4, 0.5) is 0 Å². The molecule has 0 amide bonds. The highest BCUT2D eigenvalue weighted by Crippen LogP contribution is 2.40. The van der Waals surface area contributed by atoms with Gasteiger partial charge in [-0.1, -0.05) is 40.0 Å². The van der Waals surface area contributed by atoms with Crippen molar-refractivity contribution in [3.8, 4) is 0 Å². The van der Waals surface area contributed by atoms with Gasteiger partial charge in [-0.05, 0) is 62.4 Å². The molecule has 0 spiro atoms. The Balaban J connectivity index is 1.88. The summed E-state index contributed by atoms with van der Waals surface area (Å²) in [5.74, 6) is 1.29. The first-order valence-corrected chi connectivity index (χ1v) is 8.87. The highest BCUT2D eigenvalue weighted by atomic mass is 16.3. The van der Waals surface area contributed by atoms with Crippen molar-refractivity contribution in [2.75, 3.05) is 19.6 Å². The zero-order valence-electron chi connectivity index (χ0n) is 13.9. The molecule has 0 aromatic carbocycles. The van der Waals surface area contributed by atoms with E-state index < -0.39 is 0 Å². The third-order valence-corrected chi connectivity index (χ3v) is 5.61. The summed E-state index contributed by atoms with van der Waals surface area (Å²) < 4.78 is 0. The van der Waals surface area contributed by atoms with Crippen LogP contribution in [0.25, 0.3) is 0 Å². The predicted octanol–water partition coefficient (Wildman–Crippen LogP) is 4.08. The number of aliphatic hydroxyl groups is 1. The first-order valence-electron chi connectivity index (χ1n) is 8.87. The van der Waals surface area contributed by atoms with E-state index in [-0.39, 0.29) is 6.10 Å². The van der Waals surface area contributed by atoms with Gasteiger partial charge in [0.2, 0.25) is 0 Å². The highest BCUT2D eigenvalue weighted by Gasteiger charge is 2.35. The van der Waals surface area contributed by atoms with Crippen LogP contribution in [0, 0.1) is 17.3 Å². The van der Waals surface area contributed by atoms with E-state index in [0.717, 1.165) is 18.9 Å². The predicted molar refractivity (Wildman–Crippen MR) is 85.8 cm³/mol. The van der Waals surface area contributed by atoms with Gasteiger partial charge in [0.15, 0.2) is 0 Å². The quantitative estimate of drug-likeness (QED) is 0.824. The molecule has 1 saturated heterocycles. The van der Waals surface area contributed by atoms with E-state index in [1.807, 2.05) is 0 Å². The maximum atomic E-state index is 10.4. The van der Waals surface area contributed by atoms with Crippen LogP contribution < -0.4 is 0 Å². The van der Waals surface area contributed by atoms with Gasteiger partial charge in [-0.25, -0.2) is 0 Å². The smallest absolute Gasteiger partial charge is 0.0580 e. The molecule has 3 atom stereocenters. The van der Waals surface area contributed by atoms with Crippen molar-refractivity contribution in [2.45, 2.75) is 78.2 Å². The lowest BCUT2D eigenvalue weighted by Gasteiger charge is -2.42. The molecule has 2 rings (SSSR count). The molecule has 1 saturated carbocycles. The van der Waals surface area contributed by atoms with E-state index in [0.29, 0.717) is 11.3 Å². The lowest BCUT2D eigenvalue weighted by molar-refractivity contribution is 0.00233. The van der Waals surface area contributed by atoms with E-state index in [1.165, 1.54) is 58.0 Å². The fourth-order valence-corrected chi connectivity index (χ4v) is 4.06. The number of hydrogen-bond acceptors (Lipinski definition) is 2. The van der Waals surface area contributed by atoms with E-state index in [4.69, 9.17) is 0 Å². The van der Waals surface area contributed by atoms with Gasteiger partial charge in [0.05, 0.1) is 6.10 Å². The molecule has 1 heterocycles. The zero-order chi connectivity index (χ0) is 14.6. The van der Waals surface area contributed by atoms with Crippen molar-refractivity contribution in [3.05, 3.63) is 0 Å².